The van der Waals surface area contributed by atoms with Crippen LogP contribution in [0.15, 0.2) is 24.3 Å². The van der Waals surface area contributed by atoms with E-state index in [1.807, 2.05) is 0 Å². The van der Waals surface area contributed by atoms with Crippen LogP contribution in [0.1, 0.15) is 57.6 Å². The molecule has 1 N–H and O–H groups in total. The van der Waals surface area contributed by atoms with Crippen LogP contribution in [0.2, 0.25) is 0 Å². The molecule has 0 radical (unpaired) electrons. The highest BCUT2D eigenvalue weighted by molar-refractivity contribution is 5.29. The first kappa shape index (κ1) is 15.1. The number of fused-ring (bicyclic) bond motifs is 1. The Bertz CT molecular complexity index is 487. The van der Waals surface area contributed by atoms with Crippen molar-refractivity contribution in [2.75, 3.05) is 13.1 Å². The van der Waals surface area contributed by atoms with Crippen LogP contribution >= 0.6 is 0 Å². The molecule has 2 heterocycles. The highest BCUT2D eigenvalue weighted by Gasteiger charge is 2.46. The molecule has 2 heteroatoms. The Morgan fingerprint density at radius 2 is 1.86 bits per heavy atom. The van der Waals surface area contributed by atoms with Gasteiger partial charge >= 0.3 is 0 Å². The average Bonchev–Trinajstić information content (AvgIpc) is 2.77. The fourth-order valence-electron chi connectivity index (χ4n) is 4.05. The van der Waals surface area contributed by atoms with Crippen molar-refractivity contribution in [3.05, 3.63) is 35.4 Å². The van der Waals surface area contributed by atoms with Crippen LogP contribution in [0.5, 0.6) is 0 Å². The number of rotatable bonds is 2. The maximum atomic E-state index is 11.1. The normalized spacial score (nSPS) is 30.4. The Labute approximate surface area is 129 Å². The summed E-state index contributed by atoms with van der Waals surface area (Å²) in [5, 5.41) is 11.1. The smallest absolute Gasteiger partial charge is 0.0854 e. The fraction of sp³-hybridized carbons (Fsp3) is 0.684. The molecule has 0 amide bonds. The highest BCUT2D eigenvalue weighted by atomic mass is 16.3. The van der Waals surface area contributed by atoms with E-state index in [-0.39, 0.29) is 5.41 Å². The van der Waals surface area contributed by atoms with Gasteiger partial charge in [-0.15, -0.1) is 0 Å². The van der Waals surface area contributed by atoms with E-state index in [9.17, 15) is 5.11 Å². The second-order valence-corrected chi connectivity index (χ2v) is 8.02. The minimum absolute atomic E-state index is 0.197. The Balaban J connectivity index is 1.74. The van der Waals surface area contributed by atoms with Gasteiger partial charge < -0.3 is 5.11 Å². The maximum Gasteiger partial charge on any atom is 0.0854 e. The van der Waals surface area contributed by atoms with Gasteiger partial charge in [0.25, 0.3) is 0 Å². The molecule has 2 nitrogen and oxygen atoms in total. The topological polar surface area (TPSA) is 23.5 Å². The van der Waals surface area contributed by atoms with Gasteiger partial charge in [0.05, 0.1) is 5.60 Å². The molecule has 0 saturated carbocycles. The summed E-state index contributed by atoms with van der Waals surface area (Å²) >= 11 is 0. The van der Waals surface area contributed by atoms with Crippen molar-refractivity contribution in [1.82, 2.24) is 4.90 Å². The zero-order valence-electron chi connectivity index (χ0n) is 13.7. The minimum atomic E-state index is -0.510. The van der Waals surface area contributed by atoms with Gasteiger partial charge in [0.2, 0.25) is 0 Å². The maximum absolute atomic E-state index is 11.1. The molecule has 0 bridgehead atoms. The molecule has 0 aliphatic carbocycles. The second kappa shape index (κ2) is 5.40. The van der Waals surface area contributed by atoms with Gasteiger partial charge in [-0.05, 0) is 42.3 Å². The third-order valence-corrected chi connectivity index (χ3v) is 5.40. The van der Waals surface area contributed by atoms with Crippen molar-refractivity contribution in [3.8, 4) is 0 Å². The fourth-order valence-corrected chi connectivity index (χ4v) is 4.05. The van der Waals surface area contributed by atoms with E-state index in [1.165, 1.54) is 30.5 Å². The van der Waals surface area contributed by atoms with Crippen molar-refractivity contribution >= 4 is 0 Å². The number of aliphatic hydroxyl groups is 1. The summed E-state index contributed by atoms with van der Waals surface area (Å²) in [6.07, 6.45) is 5.47. The quantitative estimate of drug-likeness (QED) is 0.899. The molecule has 3 rings (SSSR count). The summed E-state index contributed by atoms with van der Waals surface area (Å²) < 4.78 is 0. The summed E-state index contributed by atoms with van der Waals surface area (Å²) in [6, 6.07) is 9.26. The van der Waals surface area contributed by atoms with Crippen molar-refractivity contribution in [1.29, 1.82) is 0 Å². The van der Waals surface area contributed by atoms with Crippen LogP contribution < -0.4 is 0 Å². The van der Waals surface area contributed by atoms with E-state index in [2.05, 4.69) is 49.9 Å². The lowest BCUT2D eigenvalue weighted by Gasteiger charge is -2.37. The molecule has 0 spiro atoms. The molecular formula is C19H29NO. The Morgan fingerprint density at radius 1 is 1.14 bits per heavy atom. The Hall–Kier alpha value is -0.860. The van der Waals surface area contributed by atoms with Crippen molar-refractivity contribution in [2.45, 2.75) is 69.9 Å². The molecule has 2 aliphatic rings. The molecule has 1 aromatic carbocycles. The predicted octanol–water partition coefficient (Wildman–Crippen LogP) is 3.52. The lowest BCUT2D eigenvalue weighted by molar-refractivity contribution is -0.00886. The number of piperidine rings is 1. The number of benzene rings is 1. The van der Waals surface area contributed by atoms with Crippen LogP contribution in [0, 0.1) is 0 Å². The molecule has 2 fully saturated rings. The van der Waals surface area contributed by atoms with E-state index < -0.39 is 5.60 Å². The van der Waals surface area contributed by atoms with Gasteiger partial charge in [-0.3, -0.25) is 4.90 Å². The molecule has 2 unspecified atom stereocenters. The summed E-state index contributed by atoms with van der Waals surface area (Å²) in [4.78, 5) is 2.51. The third kappa shape index (κ3) is 3.02. The zero-order chi connectivity index (χ0) is 15.1. The summed E-state index contributed by atoms with van der Waals surface area (Å²) in [7, 11) is 0. The highest BCUT2D eigenvalue weighted by Crippen LogP contribution is 2.37. The average molecular weight is 287 g/mol. The first-order chi connectivity index (χ1) is 9.88. The molecule has 2 atom stereocenters. The number of hydrogen-bond acceptors (Lipinski definition) is 2. The van der Waals surface area contributed by atoms with Crippen molar-refractivity contribution < 1.29 is 5.11 Å². The monoisotopic (exact) mass is 287 g/mol. The molecule has 1 aromatic rings. The van der Waals surface area contributed by atoms with Crippen LogP contribution in [0.25, 0.3) is 0 Å². The molecule has 2 saturated heterocycles. The molecular weight excluding hydrogens is 258 g/mol. The lowest BCUT2D eigenvalue weighted by Crippen LogP contribution is -2.48. The Kier molecular flexibility index (Phi) is 3.87. The number of nitrogens with zero attached hydrogens (tertiary/aromatic N) is 1. The first-order valence-corrected chi connectivity index (χ1v) is 8.44. The zero-order valence-corrected chi connectivity index (χ0v) is 13.7. The molecule has 0 aromatic heterocycles. The summed E-state index contributed by atoms with van der Waals surface area (Å²) in [6.45, 7) is 8.97. The number of hydrogen-bond donors (Lipinski definition) is 1. The van der Waals surface area contributed by atoms with Gasteiger partial charge in [0.1, 0.15) is 0 Å². The predicted molar refractivity (Wildman–Crippen MR) is 87.6 cm³/mol. The van der Waals surface area contributed by atoms with Crippen LogP contribution in [-0.2, 0) is 11.8 Å². The van der Waals surface area contributed by atoms with Gasteiger partial charge in [-0.2, -0.15) is 0 Å². The third-order valence-electron chi connectivity index (χ3n) is 5.40. The van der Waals surface area contributed by atoms with E-state index in [4.69, 9.17) is 0 Å². The first-order valence-electron chi connectivity index (χ1n) is 8.44. The van der Waals surface area contributed by atoms with Gasteiger partial charge in [-0.1, -0.05) is 51.5 Å². The summed E-state index contributed by atoms with van der Waals surface area (Å²) in [5.41, 5.74) is 2.33. The van der Waals surface area contributed by atoms with E-state index >= 15 is 0 Å². The van der Waals surface area contributed by atoms with Crippen LogP contribution in [-0.4, -0.2) is 34.7 Å². The minimum Gasteiger partial charge on any atom is -0.388 e. The molecule has 2 aliphatic heterocycles. The van der Waals surface area contributed by atoms with Crippen molar-refractivity contribution in [3.63, 3.8) is 0 Å². The summed E-state index contributed by atoms with van der Waals surface area (Å²) in [5.74, 6) is 0. The molecule has 116 valence electrons. The largest absolute Gasteiger partial charge is 0.388 e. The Morgan fingerprint density at radius 3 is 2.52 bits per heavy atom. The van der Waals surface area contributed by atoms with E-state index in [1.54, 1.807) is 0 Å². The standard InChI is InChI=1S/C19H29NO/c1-18(2,3)16-9-7-15(8-10-16)14-19(21)11-13-20-12-5-4-6-17(19)20/h7-10,17,21H,4-6,11-14H2,1-3H3. The van der Waals surface area contributed by atoms with Crippen molar-refractivity contribution in [2.24, 2.45) is 0 Å². The molecule has 21 heavy (non-hydrogen) atoms. The van der Waals surface area contributed by atoms with E-state index in [0.717, 1.165) is 25.8 Å². The van der Waals surface area contributed by atoms with Crippen LogP contribution in [0.4, 0.5) is 0 Å². The SMILES string of the molecule is CC(C)(C)c1ccc(CC2(O)CCN3CCCCC32)cc1. The lowest BCUT2D eigenvalue weighted by atomic mass is 9.82. The second-order valence-electron chi connectivity index (χ2n) is 8.02. The van der Waals surface area contributed by atoms with Crippen LogP contribution in [0.3, 0.4) is 0 Å². The van der Waals surface area contributed by atoms with E-state index in [0.29, 0.717) is 6.04 Å². The van der Waals surface area contributed by atoms with Gasteiger partial charge in [0.15, 0.2) is 0 Å². The van der Waals surface area contributed by atoms with Gasteiger partial charge in [0, 0.05) is 19.0 Å². The van der Waals surface area contributed by atoms with Gasteiger partial charge in [-0.25, -0.2) is 0 Å².